The molecule has 0 bridgehead atoms. The standard InChI is InChI=1S/C19H17ClN2O3/c20-17-11-14(3-6-16(17)18(21)24)19(25)22-9-7-13(8-10-22)12-1-4-15(23)5-2-12/h1-7,11,23H,8-10H2,(H2,21,24). The predicted molar refractivity (Wildman–Crippen MR) is 96.6 cm³/mol. The van der Waals surface area contributed by atoms with Gasteiger partial charge < -0.3 is 15.7 Å². The molecule has 2 aromatic carbocycles. The van der Waals surface area contributed by atoms with Gasteiger partial charge in [0.05, 0.1) is 10.6 Å². The number of hydrogen-bond acceptors (Lipinski definition) is 3. The van der Waals surface area contributed by atoms with E-state index in [0.29, 0.717) is 18.7 Å². The van der Waals surface area contributed by atoms with Gasteiger partial charge in [-0.3, -0.25) is 9.59 Å². The minimum Gasteiger partial charge on any atom is -0.508 e. The van der Waals surface area contributed by atoms with Crippen LogP contribution in [-0.2, 0) is 0 Å². The maximum absolute atomic E-state index is 12.6. The van der Waals surface area contributed by atoms with Crippen molar-refractivity contribution in [2.24, 2.45) is 5.73 Å². The summed E-state index contributed by atoms with van der Waals surface area (Å²) in [6.07, 6.45) is 2.73. The van der Waals surface area contributed by atoms with Crippen molar-refractivity contribution in [2.45, 2.75) is 6.42 Å². The van der Waals surface area contributed by atoms with E-state index in [1.54, 1.807) is 23.1 Å². The molecule has 2 amide bonds. The number of halogens is 1. The van der Waals surface area contributed by atoms with Crippen LogP contribution in [0.2, 0.25) is 5.02 Å². The lowest BCUT2D eigenvalue weighted by Gasteiger charge is -2.27. The number of carbonyl (C=O) groups is 2. The fraction of sp³-hybridized carbons (Fsp3) is 0.158. The van der Waals surface area contributed by atoms with Crippen molar-refractivity contribution in [3.05, 3.63) is 70.3 Å². The van der Waals surface area contributed by atoms with Gasteiger partial charge in [-0.15, -0.1) is 0 Å². The Kier molecular flexibility index (Phi) is 4.76. The van der Waals surface area contributed by atoms with Crippen molar-refractivity contribution in [1.82, 2.24) is 4.90 Å². The zero-order chi connectivity index (χ0) is 18.0. The summed E-state index contributed by atoms with van der Waals surface area (Å²) in [4.78, 5) is 25.5. The molecule has 1 aliphatic rings. The average Bonchev–Trinajstić information content (AvgIpc) is 2.61. The Hall–Kier alpha value is -2.79. The number of primary amides is 1. The molecular formula is C19H17ClN2O3. The van der Waals surface area contributed by atoms with Crippen molar-refractivity contribution in [1.29, 1.82) is 0 Å². The summed E-state index contributed by atoms with van der Waals surface area (Å²) in [5, 5.41) is 9.54. The second kappa shape index (κ2) is 6.99. The minimum atomic E-state index is -0.622. The molecule has 0 radical (unpaired) electrons. The first-order chi connectivity index (χ1) is 12.0. The third kappa shape index (κ3) is 3.67. The van der Waals surface area contributed by atoms with E-state index in [1.165, 1.54) is 12.1 Å². The maximum atomic E-state index is 12.6. The summed E-state index contributed by atoms with van der Waals surface area (Å²) in [6.45, 7) is 1.07. The van der Waals surface area contributed by atoms with Gasteiger partial charge >= 0.3 is 0 Å². The average molecular weight is 357 g/mol. The Morgan fingerprint density at radius 2 is 1.84 bits per heavy atom. The van der Waals surface area contributed by atoms with Gasteiger partial charge in [-0.25, -0.2) is 0 Å². The second-order valence-electron chi connectivity index (χ2n) is 5.84. The molecule has 0 saturated carbocycles. The molecule has 3 N–H and O–H groups in total. The largest absolute Gasteiger partial charge is 0.508 e. The molecule has 0 aromatic heterocycles. The number of nitrogens with zero attached hydrogens (tertiary/aromatic N) is 1. The highest BCUT2D eigenvalue weighted by molar-refractivity contribution is 6.34. The van der Waals surface area contributed by atoms with Crippen LogP contribution in [-0.4, -0.2) is 34.9 Å². The van der Waals surface area contributed by atoms with Crippen LogP contribution in [0.5, 0.6) is 5.75 Å². The van der Waals surface area contributed by atoms with E-state index in [2.05, 4.69) is 0 Å². The zero-order valence-corrected chi connectivity index (χ0v) is 14.2. The van der Waals surface area contributed by atoms with Crippen molar-refractivity contribution in [3.63, 3.8) is 0 Å². The lowest BCUT2D eigenvalue weighted by Crippen LogP contribution is -2.34. The Labute approximate surface area is 150 Å². The third-order valence-electron chi connectivity index (χ3n) is 4.22. The predicted octanol–water partition coefficient (Wildman–Crippen LogP) is 3.07. The summed E-state index contributed by atoms with van der Waals surface area (Å²) < 4.78 is 0. The minimum absolute atomic E-state index is 0.140. The van der Waals surface area contributed by atoms with Crippen LogP contribution in [0, 0.1) is 0 Å². The monoisotopic (exact) mass is 356 g/mol. The number of phenolic OH excluding ortho intramolecular Hbond substituents is 1. The Bertz CT molecular complexity index is 859. The second-order valence-corrected chi connectivity index (χ2v) is 6.24. The molecule has 1 heterocycles. The van der Waals surface area contributed by atoms with E-state index in [-0.39, 0.29) is 22.2 Å². The van der Waals surface area contributed by atoms with Gasteiger partial charge in [-0.2, -0.15) is 0 Å². The van der Waals surface area contributed by atoms with Crippen molar-refractivity contribution in [2.75, 3.05) is 13.1 Å². The number of nitrogens with two attached hydrogens (primary N) is 1. The molecule has 0 atom stereocenters. The molecule has 0 aliphatic carbocycles. The van der Waals surface area contributed by atoms with Crippen molar-refractivity contribution >= 4 is 29.0 Å². The first-order valence-electron chi connectivity index (χ1n) is 7.83. The van der Waals surface area contributed by atoms with Gasteiger partial charge in [0.1, 0.15) is 5.75 Å². The molecule has 0 unspecified atom stereocenters. The molecular weight excluding hydrogens is 340 g/mol. The normalized spacial score (nSPS) is 14.1. The van der Waals surface area contributed by atoms with E-state index >= 15 is 0 Å². The van der Waals surface area contributed by atoms with E-state index in [4.69, 9.17) is 17.3 Å². The number of rotatable bonds is 3. The van der Waals surface area contributed by atoms with Crippen LogP contribution in [0.15, 0.2) is 48.5 Å². The number of aromatic hydroxyl groups is 1. The van der Waals surface area contributed by atoms with Crippen LogP contribution in [0.3, 0.4) is 0 Å². The molecule has 6 heteroatoms. The van der Waals surface area contributed by atoms with Crippen molar-refractivity contribution in [3.8, 4) is 5.75 Å². The highest BCUT2D eigenvalue weighted by Gasteiger charge is 2.20. The number of phenols is 1. The number of carbonyl (C=O) groups excluding carboxylic acids is 2. The molecule has 25 heavy (non-hydrogen) atoms. The highest BCUT2D eigenvalue weighted by atomic mass is 35.5. The summed E-state index contributed by atoms with van der Waals surface area (Å²) in [5.74, 6) is -0.532. The first-order valence-corrected chi connectivity index (χ1v) is 8.20. The summed E-state index contributed by atoms with van der Waals surface area (Å²) >= 11 is 6.02. The summed E-state index contributed by atoms with van der Waals surface area (Å²) in [7, 11) is 0. The lowest BCUT2D eigenvalue weighted by atomic mass is 9.99. The Balaban J connectivity index is 1.74. The zero-order valence-electron chi connectivity index (χ0n) is 13.4. The summed E-state index contributed by atoms with van der Waals surface area (Å²) in [5.41, 5.74) is 8.03. The lowest BCUT2D eigenvalue weighted by molar-refractivity contribution is 0.0772. The molecule has 5 nitrogen and oxygen atoms in total. The van der Waals surface area contributed by atoms with Gasteiger partial charge in [0.15, 0.2) is 0 Å². The van der Waals surface area contributed by atoms with E-state index in [1.807, 2.05) is 18.2 Å². The fourth-order valence-corrected chi connectivity index (χ4v) is 3.10. The van der Waals surface area contributed by atoms with Crippen LogP contribution in [0.4, 0.5) is 0 Å². The van der Waals surface area contributed by atoms with Crippen LogP contribution in [0.25, 0.3) is 5.57 Å². The van der Waals surface area contributed by atoms with Gasteiger partial charge in [0.25, 0.3) is 5.91 Å². The SMILES string of the molecule is NC(=O)c1ccc(C(=O)N2CC=C(c3ccc(O)cc3)CC2)cc1Cl. The molecule has 2 aromatic rings. The number of amides is 2. The van der Waals surface area contributed by atoms with Crippen LogP contribution in [0.1, 0.15) is 32.7 Å². The number of benzene rings is 2. The molecule has 0 fully saturated rings. The van der Waals surface area contributed by atoms with Crippen LogP contribution >= 0.6 is 11.6 Å². The topological polar surface area (TPSA) is 83.6 Å². The van der Waals surface area contributed by atoms with Crippen molar-refractivity contribution < 1.29 is 14.7 Å². The fourth-order valence-electron chi connectivity index (χ4n) is 2.82. The Morgan fingerprint density at radius 3 is 2.40 bits per heavy atom. The van der Waals surface area contributed by atoms with Gasteiger partial charge in [0, 0.05) is 18.7 Å². The highest BCUT2D eigenvalue weighted by Crippen LogP contribution is 2.25. The summed E-state index contributed by atoms with van der Waals surface area (Å²) in [6, 6.07) is 11.5. The van der Waals surface area contributed by atoms with Gasteiger partial charge in [-0.1, -0.05) is 29.8 Å². The maximum Gasteiger partial charge on any atom is 0.254 e. The molecule has 0 spiro atoms. The van der Waals surface area contributed by atoms with E-state index < -0.39 is 5.91 Å². The molecule has 1 aliphatic heterocycles. The van der Waals surface area contributed by atoms with E-state index in [0.717, 1.165) is 17.6 Å². The van der Waals surface area contributed by atoms with Gasteiger partial charge in [-0.05, 0) is 47.9 Å². The van der Waals surface area contributed by atoms with E-state index in [9.17, 15) is 14.7 Å². The molecule has 3 rings (SSSR count). The smallest absolute Gasteiger partial charge is 0.254 e. The van der Waals surface area contributed by atoms with Gasteiger partial charge in [0.2, 0.25) is 5.91 Å². The molecule has 128 valence electrons. The Morgan fingerprint density at radius 1 is 1.12 bits per heavy atom. The third-order valence-corrected chi connectivity index (χ3v) is 4.53. The first kappa shape index (κ1) is 17.0. The quantitative estimate of drug-likeness (QED) is 0.886. The number of hydrogen-bond donors (Lipinski definition) is 2. The molecule has 0 saturated heterocycles. The van der Waals surface area contributed by atoms with Crippen LogP contribution < -0.4 is 5.73 Å².